The third-order valence-corrected chi connectivity index (χ3v) is 10.9. The highest BCUT2D eigenvalue weighted by Crippen LogP contribution is 2.39. The van der Waals surface area contributed by atoms with Crippen molar-refractivity contribution in [3.05, 3.63) is 77.3 Å². The first-order valence-electron chi connectivity index (χ1n) is 16.5. The van der Waals surface area contributed by atoms with Crippen molar-refractivity contribution >= 4 is 70.6 Å². The molecule has 3 N–H and O–H groups in total. The number of imide groups is 1. The Hall–Kier alpha value is -4.78. The molecular weight excluding hydrogens is 696 g/mol. The number of hydrogen-bond donors (Lipinski definition) is 3. The first-order valence-corrected chi connectivity index (χ1v) is 19.5. The van der Waals surface area contributed by atoms with Crippen LogP contribution >= 0.6 is 18.7 Å². The number of para-hydroxylation sites is 1. The lowest BCUT2D eigenvalue weighted by atomic mass is 10.0. The van der Waals surface area contributed by atoms with Gasteiger partial charge in [-0.25, -0.2) is 19.2 Å². The third-order valence-electron chi connectivity index (χ3n) is 9.04. The van der Waals surface area contributed by atoms with E-state index in [1.54, 1.807) is 26.5 Å². The van der Waals surface area contributed by atoms with E-state index in [2.05, 4.69) is 40.7 Å². The summed E-state index contributed by atoms with van der Waals surface area (Å²) in [6, 6.07) is 14.5. The molecule has 16 heteroatoms. The Labute approximate surface area is 300 Å². The number of carbonyl (C=O) groups excluding carboxylic acids is 2. The Morgan fingerprint density at radius 1 is 1.04 bits per heavy atom. The minimum Gasteiger partial charge on any atom is -0.494 e. The van der Waals surface area contributed by atoms with Crippen molar-refractivity contribution in [1.82, 2.24) is 25.2 Å². The minimum absolute atomic E-state index is 0.166. The predicted octanol–water partition coefficient (Wildman–Crippen LogP) is 5.96. The SMILES string of the molecule is COc1cc(N2CCC(N(C)Cc3cc(N4CCC(=O)NC4=O)ncc3F)CC2)ccc1Nc1ncc(Cl)c(Nc2ccccc2P(C)(C)=O)n1. The van der Waals surface area contributed by atoms with Gasteiger partial charge in [0.05, 0.1) is 30.9 Å². The van der Waals surface area contributed by atoms with Crippen LogP contribution in [0.5, 0.6) is 5.75 Å². The number of aromatic nitrogens is 3. The molecule has 4 heterocycles. The molecule has 2 aromatic heterocycles. The standard InChI is InChI=1S/C35H40ClFN9O4P/c1-44(21-22-17-31(38-20-26(22)37)46-16-13-32(47)42-35(46)48)23-11-14-45(15-12-23)24-9-10-27(29(18-24)50-2)41-34-39-19-25(36)33(43-34)40-28-7-5-6-8-30(28)51(3,4)49/h5-10,17-20,23H,11-16,21H2,1-4H3,(H,42,47,48)(H2,39,40,41,43). The van der Waals surface area contributed by atoms with Crippen molar-refractivity contribution in [3.63, 3.8) is 0 Å². The number of benzene rings is 2. The molecule has 13 nitrogen and oxygen atoms in total. The van der Waals surface area contributed by atoms with Gasteiger partial charge in [-0.2, -0.15) is 4.98 Å². The fourth-order valence-corrected chi connectivity index (χ4v) is 7.57. The molecule has 0 unspecified atom stereocenters. The Balaban J connectivity index is 1.08. The van der Waals surface area contributed by atoms with E-state index in [-0.39, 0.29) is 24.9 Å². The number of pyridine rings is 1. The second-order valence-corrected chi connectivity index (χ2v) is 16.5. The summed E-state index contributed by atoms with van der Waals surface area (Å²) in [5.41, 5.74) is 2.77. The van der Waals surface area contributed by atoms with E-state index in [1.807, 2.05) is 49.5 Å². The van der Waals surface area contributed by atoms with Crippen LogP contribution < -0.4 is 35.8 Å². The summed E-state index contributed by atoms with van der Waals surface area (Å²) >= 11 is 6.44. The highest BCUT2D eigenvalue weighted by Gasteiger charge is 2.28. The van der Waals surface area contributed by atoms with Gasteiger partial charge in [0.15, 0.2) is 5.82 Å². The number of urea groups is 1. The number of carbonyl (C=O) groups is 2. The Bertz CT molecular complexity index is 1990. The number of nitrogens with zero attached hydrogens (tertiary/aromatic N) is 6. The van der Waals surface area contributed by atoms with Crippen LogP contribution in [0.15, 0.2) is 60.9 Å². The average molecular weight is 736 g/mol. The van der Waals surface area contributed by atoms with Gasteiger partial charge in [-0.05, 0) is 63.6 Å². The molecule has 2 aliphatic rings. The van der Waals surface area contributed by atoms with E-state index >= 15 is 0 Å². The van der Waals surface area contributed by atoms with Gasteiger partial charge in [0.2, 0.25) is 11.9 Å². The number of rotatable bonds is 11. The second kappa shape index (κ2) is 15.2. The van der Waals surface area contributed by atoms with Gasteiger partial charge in [-0.1, -0.05) is 23.7 Å². The molecule has 268 valence electrons. The molecule has 2 fully saturated rings. The number of halogens is 2. The maximum Gasteiger partial charge on any atom is 0.329 e. The van der Waals surface area contributed by atoms with E-state index in [0.717, 1.165) is 37.8 Å². The number of amides is 3. The maximum absolute atomic E-state index is 14.8. The number of anilines is 6. The Morgan fingerprint density at radius 2 is 1.80 bits per heavy atom. The van der Waals surface area contributed by atoms with Crippen LogP contribution in [0.25, 0.3) is 0 Å². The first kappa shape index (κ1) is 36.0. The van der Waals surface area contributed by atoms with Crippen molar-refractivity contribution in [2.45, 2.75) is 31.8 Å². The normalized spacial score (nSPS) is 15.6. The smallest absolute Gasteiger partial charge is 0.329 e. The van der Waals surface area contributed by atoms with Gasteiger partial charge >= 0.3 is 6.03 Å². The lowest BCUT2D eigenvalue weighted by Crippen LogP contribution is -2.50. The van der Waals surface area contributed by atoms with E-state index in [9.17, 15) is 18.5 Å². The van der Waals surface area contributed by atoms with Crippen molar-refractivity contribution in [1.29, 1.82) is 0 Å². The largest absolute Gasteiger partial charge is 0.494 e. The van der Waals surface area contributed by atoms with Gasteiger partial charge in [0.1, 0.15) is 29.5 Å². The minimum atomic E-state index is -2.56. The summed E-state index contributed by atoms with van der Waals surface area (Å²) < 4.78 is 33.4. The lowest BCUT2D eigenvalue weighted by molar-refractivity contribution is -0.120. The molecular formula is C35H40ClFN9O4P. The topological polar surface area (TPSA) is 145 Å². The summed E-state index contributed by atoms with van der Waals surface area (Å²) in [6.07, 6.45) is 4.51. The quantitative estimate of drug-likeness (QED) is 0.157. The number of hydrogen-bond acceptors (Lipinski definition) is 11. The van der Waals surface area contributed by atoms with E-state index in [1.165, 1.54) is 11.1 Å². The van der Waals surface area contributed by atoms with E-state index in [0.29, 0.717) is 57.1 Å². The molecule has 4 aromatic rings. The summed E-state index contributed by atoms with van der Waals surface area (Å²) in [5.74, 6) is 0.826. The number of ether oxygens (including phenoxy) is 1. The van der Waals surface area contributed by atoms with Gasteiger partial charge in [-0.3, -0.25) is 19.9 Å². The van der Waals surface area contributed by atoms with E-state index in [4.69, 9.17) is 16.3 Å². The summed E-state index contributed by atoms with van der Waals surface area (Å²) in [5, 5.41) is 9.74. The van der Waals surface area contributed by atoms with Gasteiger partial charge in [0.25, 0.3) is 0 Å². The zero-order chi connectivity index (χ0) is 36.3. The van der Waals surface area contributed by atoms with Crippen LogP contribution in [0.1, 0.15) is 24.8 Å². The van der Waals surface area contributed by atoms with Crippen molar-refractivity contribution < 1.29 is 23.3 Å². The van der Waals surface area contributed by atoms with Crippen LogP contribution in [-0.2, 0) is 15.9 Å². The summed E-state index contributed by atoms with van der Waals surface area (Å²) in [7, 11) is 1.02. The molecule has 51 heavy (non-hydrogen) atoms. The summed E-state index contributed by atoms with van der Waals surface area (Å²) in [4.78, 5) is 42.6. The van der Waals surface area contributed by atoms with Crippen molar-refractivity contribution in [2.75, 3.05) is 67.6 Å². The number of piperidine rings is 1. The zero-order valence-electron chi connectivity index (χ0n) is 28.8. The van der Waals surface area contributed by atoms with Crippen molar-refractivity contribution in [2.24, 2.45) is 0 Å². The van der Waals surface area contributed by atoms with Crippen LogP contribution in [0.2, 0.25) is 5.02 Å². The molecule has 3 amide bonds. The molecule has 0 spiro atoms. The molecule has 0 radical (unpaired) electrons. The monoisotopic (exact) mass is 735 g/mol. The Kier molecular flexibility index (Phi) is 10.8. The highest BCUT2D eigenvalue weighted by molar-refractivity contribution is 7.70. The van der Waals surface area contributed by atoms with Crippen LogP contribution in [0.4, 0.5) is 43.8 Å². The molecule has 2 saturated heterocycles. The molecule has 0 atom stereocenters. The van der Waals surface area contributed by atoms with Crippen LogP contribution in [0, 0.1) is 5.82 Å². The molecule has 0 saturated carbocycles. The molecule has 2 aromatic carbocycles. The van der Waals surface area contributed by atoms with Gasteiger partial charge < -0.3 is 24.8 Å². The molecule has 2 aliphatic heterocycles. The average Bonchev–Trinajstić information content (AvgIpc) is 3.11. The summed E-state index contributed by atoms with van der Waals surface area (Å²) in [6.45, 7) is 5.56. The fraction of sp³-hybridized carbons (Fsp3) is 0.343. The molecule has 0 aliphatic carbocycles. The molecule has 6 rings (SSSR count). The second-order valence-electron chi connectivity index (χ2n) is 12.9. The first-order chi connectivity index (χ1) is 24.4. The zero-order valence-corrected chi connectivity index (χ0v) is 30.5. The lowest BCUT2D eigenvalue weighted by Gasteiger charge is -2.38. The highest BCUT2D eigenvalue weighted by atomic mass is 35.5. The third kappa shape index (κ3) is 8.41. The van der Waals surface area contributed by atoms with Crippen molar-refractivity contribution in [3.8, 4) is 5.75 Å². The predicted molar refractivity (Wildman–Crippen MR) is 199 cm³/mol. The number of methoxy groups -OCH3 is 1. The van der Waals surface area contributed by atoms with Crippen LogP contribution in [-0.4, -0.2) is 85.0 Å². The Morgan fingerprint density at radius 3 is 2.53 bits per heavy atom. The van der Waals surface area contributed by atoms with Gasteiger partial charge in [-0.15, -0.1) is 0 Å². The van der Waals surface area contributed by atoms with Crippen LogP contribution in [0.3, 0.4) is 0 Å². The number of nitrogens with one attached hydrogen (secondary N) is 3. The molecule has 0 bridgehead atoms. The maximum atomic E-state index is 14.8. The van der Waals surface area contributed by atoms with Gasteiger partial charge in [0, 0.05) is 61.3 Å². The fourth-order valence-electron chi connectivity index (χ4n) is 6.27. The van der Waals surface area contributed by atoms with E-state index < -0.39 is 19.0 Å².